The van der Waals surface area contributed by atoms with Gasteiger partial charge in [-0.1, -0.05) is 42.5 Å². The molecular weight excluding hydrogens is 386 g/mol. The third-order valence-corrected chi connectivity index (χ3v) is 6.00. The number of quaternary nitrogens is 1. The summed E-state index contributed by atoms with van der Waals surface area (Å²) in [6.45, 7) is 4.55. The SMILES string of the molecule is CCOC(=O)c1c(N)sc(C(=O)NC)c1C[NH2+][C@@H](C)c1cccc2ccccc12. The van der Waals surface area contributed by atoms with E-state index < -0.39 is 5.97 Å². The topological polar surface area (TPSA) is 98.0 Å². The number of amides is 1. The van der Waals surface area contributed by atoms with Crippen molar-refractivity contribution >= 4 is 39.0 Å². The summed E-state index contributed by atoms with van der Waals surface area (Å²) in [5.41, 5.74) is 8.21. The number of nitrogens with two attached hydrogens (primary N) is 2. The molecular formula is C22H26N3O3S+. The van der Waals surface area contributed by atoms with Crippen LogP contribution in [0.3, 0.4) is 0 Å². The first-order valence-corrected chi connectivity index (χ1v) is 10.4. The molecule has 0 bridgehead atoms. The first-order chi connectivity index (χ1) is 14.0. The number of carbonyl (C=O) groups is 2. The molecule has 3 rings (SSSR count). The van der Waals surface area contributed by atoms with Gasteiger partial charge in [-0.3, -0.25) is 4.79 Å². The lowest BCUT2D eigenvalue weighted by Gasteiger charge is -2.15. The summed E-state index contributed by atoms with van der Waals surface area (Å²) in [5, 5.41) is 7.42. The van der Waals surface area contributed by atoms with Crippen molar-refractivity contribution in [2.75, 3.05) is 19.4 Å². The second-order valence-corrected chi connectivity index (χ2v) is 7.80. The lowest BCUT2D eigenvalue weighted by Crippen LogP contribution is -2.83. The number of rotatable bonds is 7. The van der Waals surface area contributed by atoms with Gasteiger partial charge >= 0.3 is 5.97 Å². The summed E-state index contributed by atoms with van der Waals surface area (Å²) >= 11 is 1.12. The maximum atomic E-state index is 12.5. The first-order valence-electron chi connectivity index (χ1n) is 9.59. The number of benzene rings is 2. The predicted molar refractivity (Wildman–Crippen MR) is 116 cm³/mol. The summed E-state index contributed by atoms with van der Waals surface area (Å²) in [5.74, 6) is -0.740. The molecule has 1 aromatic heterocycles. The Kier molecular flexibility index (Phi) is 6.51. The van der Waals surface area contributed by atoms with E-state index in [2.05, 4.69) is 41.8 Å². The van der Waals surface area contributed by atoms with Crippen LogP contribution < -0.4 is 16.4 Å². The maximum Gasteiger partial charge on any atom is 0.341 e. The number of nitrogens with one attached hydrogen (secondary N) is 1. The van der Waals surface area contributed by atoms with Crippen LogP contribution in [0.1, 0.15) is 51.0 Å². The summed E-state index contributed by atoms with van der Waals surface area (Å²) in [6.07, 6.45) is 0. The largest absolute Gasteiger partial charge is 0.462 e. The monoisotopic (exact) mass is 412 g/mol. The molecule has 0 radical (unpaired) electrons. The third-order valence-electron chi connectivity index (χ3n) is 4.94. The lowest BCUT2D eigenvalue weighted by atomic mass is 9.99. The van der Waals surface area contributed by atoms with Crippen LogP contribution in [0.25, 0.3) is 10.8 Å². The summed E-state index contributed by atoms with van der Waals surface area (Å²) in [6, 6.07) is 14.6. The fourth-order valence-corrected chi connectivity index (χ4v) is 4.50. The van der Waals surface area contributed by atoms with Crippen molar-refractivity contribution in [3.05, 3.63) is 64.0 Å². The van der Waals surface area contributed by atoms with Gasteiger partial charge in [0, 0.05) is 18.2 Å². The van der Waals surface area contributed by atoms with Crippen molar-refractivity contribution in [2.45, 2.75) is 26.4 Å². The Labute approximate surface area is 174 Å². The van der Waals surface area contributed by atoms with Crippen molar-refractivity contribution < 1.29 is 19.6 Å². The van der Waals surface area contributed by atoms with E-state index >= 15 is 0 Å². The number of hydrogen-bond acceptors (Lipinski definition) is 5. The number of carbonyl (C=O) groups excluding carboxylic acids is 2. The standard InChI is InChI=1S/C22H25N3O3S/c1-4-28-22(27)18-17(19(21(26)24-3)29-20(18)23)12-25-13(2)15-11-7-9-14-8-5-6-10-16(14)15/h5-11,13,25H,4,12,23H2,1-3H3,(H,24,26)/p+1/t13-/m0/s1. The molecule has 0 fully saturated rings. The van der Waals surface area contributed by atoms with Gasteiger partial charge in [0.1, 0.15) is 28.0 Å². The summed E-state index contributed by atoms with van der Waals surface area (Å²) < 4.78 is 5.17. The summed E-state index contributed by atoms with van der Waals surface area (Å²) in [4.78, 5) is 25.3. The zero-order chi connectivity index (χ0) is 21.0. The zero-order valence-corrected chi connectivity index (χ0v) is 17.6. The van der Waals surface area contributed by atoms with Crippen molar-refractivity contribution in [1.82, 2.24) is 5.32 Å². The van der Waals surface area contributed by atoms with Crippen LogP contribution in [0.15, 0.2) is 42.5 Å². The normalized spacial score (nSPS) is 12.0. The number of esters is 1. The molecule has 0 saturated carbocycles. The van der Waals surface area contributed by atoms with Crippen molar-refractivity contribution in [2.24, 2.45) is 0 Å². The van der Waals surface area contributed by atoms with Gasteiger partial charge in [0.15, 0.2) is 0 Å². The number of nitrogen functional groups attached to an aromatic ring is 1. The third kappa shape index (κ3) is 4.26. The molecule has 3 aromatic rings. The van der Waals surface area contributed by atoms with Gasteiger partial charge < -0.3 is 21.1 Å². The first kappa shape index (κ1) is 20.8. The van der Waals surface area contributed by atoms with Crippen molar-refractivity contribution in [3.63, 3.8) is 0 Å². The number of ether oxygens (including phenoxy) is 1. The average molecular weight is 413 g/mol. The highest BCUT2D eigenvalue weighted by Crippen LogP contribution is 2.31. The van der Waals surface area contributed by atoms with Gasteiger partial charge in [-0.15, -0.1) is 11.3 Å². The number of thiophene rings is 1. The maximum absolute atomic E-state index is 12.5. The Morgan fingerprint density at radius 2 is 1.93 bits per heavy atom. The fraction of sp³-hybridized carbons (Fsp3) is 0.273. The van der Waals surface area contributed by atoms with E-state index in [1.54, 1.807) is 14.0 Å². The van der Waals surface area contributed by atoms with Crippen LogP contribution in [0.5, 0.6) is 0 Å². The Hall–Kier alpha value is -2.90. The Morgan fingerprint density at radius 3 is 2.66 bits per heavy atom. The number of anilines is 1. The molecule has 1 amide bonds. The molecule has 1 atom stereocenters. The molecule has 29 heavy (non-hydrogen) atoms. The van der Waals surface area contributed by atoms with Gasteiger partial charge in [0.05, 0.1) is 6.61 Å². The van der Waals surface area contributed by atoms with Crippen LogP contribution in [0.2, 0.25) is 0 Å². The van der Waals surface area contributed by atoms with E-state index in [0.717, 1.165) is 11.3 Å². The van der Waals surface area contributed by atoms with E-state index in [4.69, 9.17) is 10.5 Å². The Balaban J connectivity index is 1.92. The van der Waals surface area contributed by atoms with Crippen LogP contribution in [0, 0.1) is 0 Å². The highest BCUT2D eigenvalue weighted by molar-refractivity contribution is 7.18. The minimum Gasteiger partial charge on any atom is -0.462 e. The minimum atomic E-state index is -0.488. The van der Waals surface area contributed by atoms with E-state index in [1.807, 2.05) is 18.2 Å². The molecule has 1 heterocycles. The van der Waals surface area contributed by atoms with Crippen LogP contribution in [-0.2, 0) is 11.3 Å². The molecule has 6 nitrogen and oxygen atoms in total. The highest BCUT2D eigenvalue weighted by Gasteiger charge is 2.28. The predicted octanol–water partition coefficient (Wildman–Crippen LogP) is 2.84. The average Bonchev–Trinajstić information content (AvgIpc) is 3.07. The second kappa shape index (κ2) is 9.07. The molecule has 0 unspecified atom stereocenters. The van der Waals surface area contributed by atoms with E-state index in [-0.39, 0.29) is 18.6 Å². The molecule has 7 heteroatoms. The van der Waals surface area contributed by atoms with Gasteiger partial charge in [0.25, 0.3) is 5.91 Å². The minimum absolute atomic E-state index is 0.120. The van der Waals surface area contributed by atoms with E-state index in [1.165, 1.54) is 16.3 Å². The second-order valence-electron chi connectivity index (χ2n) is 6.75. The smallest absolute Gasteiger partial charge is 0.341 e. The molecule has 0 aliphatic carbocycles. The van der Waals surface area contributed by atoms with Crippen LogP contribution in [-0.4, -0.2) is 25.5 Å². The van der Waals surface area contributed by atoms with Gasteiger partial charge in [0.2, 0.25) is 0 Å². The fourth-order valence-electron chi connectivity index (χ4n) is 3.47. The zero-order valence-electron chi connectivity index (χ0n) is 16.8. The van der Waals surface area contributed by atoms with Crippen LogP contribution >= 0.6 is 11.3 Å². The Bertz CT molecular complexity index is 1040. The number of fused-ring (bicyclic) bond motifs is 1. The van der Waals surface area contributed by atoms with Gasteiger partial charge in [-0.05, 0) is 24.6 Å². The molecule has 152 valence electrons. The van der Waals surface area contributed by atoms with E-state index in [0.29, 0.717) is 27.5 Å². The Morgan fingerprint density at radius 1 is 1.21 bits per heavy atom. The molecule has 2 aromatic carbocycles. The highest BCUT2D eigenvalue weighted by atomic mass is 32.1. The quantitative estimate of drug-likeness (QED) is 0.520. The van der Waals surface area contributed by atoms with Gasteiger partial charge in [-0.25, -0.2) is 4.79 Å². The molecule has 5 N–H and O–H groups in total. The summed E-state index contributed by atoms with van der Waals surface area (Å²) in [7, 11) is 1.56. The van der Waals surface area contributed by atoms with Crippen molar-refractivity contribution in [1.29, 1.82) is 0 Å². The number of hydrogen-bond donors (Lipinski definition) is 3. The molecule has 0 spiro atoms. The van der Waals surface area contributed by atoms with Gasteiger partial charge in [-0.2, -0.15) is 0 Å². The lowest BCUT2D eigenvalue weighted by molar-refractivity contribution is -0.707. The van der Waals surface area contributed by atoms with Crippen LogP contribution in [0.4, 0.5) is 5.00 Å². The van der Waals surface area contributed by atoms with E-state index in [9.17, 15) is 9.59 Å². The van der Waals surface area contributed by atoms with Crippen molar-refractivity contribution in [3.8, 4) is 0 Å². The molecule has 0 aliphatic rings. The molecule has 0 aliphatic heterocycles. The molecule has 0 saturated heterocycles.